The topological polar surface area (TPSA) is 51.8 Å². The lowest BCUT2D eigenvalue weighted by molar-refractivity contribution is 0.610. The molecule has 2 N–H and O–H groups in total. The zero-order chi connectivity index (χ0) is 12.4. The second-order valence-corrected chi connectivity index (χ2v) is 5.86. The molecule has 0 spiro atoms. The molecule has 0 aliphatic rings. The summed E-state index contributed by atoms with van der Waals surface area (Å²) in [6.07, 6.45) is 0. The van der Waals surface area contributed by atoms with Crippen LogP contribution in [0.5, 0.6) is 0 Å². The highest BCUT2D eigenvalue weighted by molar-refractivity contribution is 8.01. The first-order valence-electron chi connectivity index (χ1n) is 5.07. The Morgan fingerprint density at radius 3 is 2.82 bits per heavy atom. The molecule has 0 bridgehead atoms. The van der Waals surface area contributed by atoms with Crippen molar-refractivity contribution in [1.29, 1.82) is 0 Å². The summed E-state index contributed by atoms with van der Waals surface area (Å²) in [6, 6.07) is 3.10. The van der Waals surface area contributed by atoms with Gasteiger partial charge in [0.05, 0.1) is 0 Å². The smallest absolute Gasteiger partial charge is 0.178 e. The van der Waals surface area contributed by atoms with Crippen molar-refractivity contribution in [2.75, 3.05) is 0 Å². The third kappa shape index (κ3) is 2.83. The molecule has 2 aromatic rings. The Hall–Kier alpha value is -0.980. The Balaban J connectivity index is 2.41. The number of rotatable bonds is 3. The minimum atomic E-state index is -0.223. The van der Waals surface area contributed by atoms with E-state index in [1.165, 1.54) is 29.2 Å². The molecule has 0 unspecified atom stereocenters. The Kier molecular flexibility index (Phi) is 3.76. The number of nitrogens with two attached hydrogens (primary N) is 1. The summed E-state index contributed by atoms with van der Waals surface area (Å²) < 4.78 is 14.3. The van der Waals surface area contributed by atoms with Gasteiger partial charge in [-0.2, -0.15) is 0 Å². The molecule has 0 saturated carbocycles. The molecule has 1 aromatic heterocycles. The molecule has 6 heteroatoms. The SMILES string of the molecule is Cc1cc(Sc2nncs2)c([C@H](C)N)cc1F. The van der Waals surface area contributed by atoms with Crippen LogP contribution in [0.3, 0.4) is 0 Å². The number of hydrogen-bond acceptors (Lipinski definition) is 5. The highest BCUT2D eigenvalue weighted by atomic mass is 32.2. The van der Waals surface area contributed by atoms with Crippen molar-refractivity contribution in [2.45, 2.75) is 29.1 Å². The van der Waals surface area contributed by atoms with Crippen molar-refractivity contribution in [1.82, 2.24) is 10.2 Å². The third-order valence-electron chi connectivity index (χ3n) is 2.32. The van der Waals surface area contributed by atoms with Gasteiger partial charge in [-0.1, -0.05) is 23.1 Å². The second kappa shape index (κ2) is 5.12. The van der Waals surface area contributed by atoms with Gasteiger partial charge in [0.2, 0.25) is 0 Å². The van der Waals surface area contributed by atoms with Gasteiger partial charge in [0.1, 0.15) is 11.3 Å². The minimum Gasteiger partial charge on any atom is -0.324 e. The maximum atomic E-state index is 13.5. The quantitative estimate of drug-likeness (QED) is 0.930. The molecule has 17 heavy (non-hydrogen) atoms. The predicted molar refractivity (Wildman–Crippen MR) is 67.8 cm³/mol. The van der Waals surface area contributed by atoms with Crippen LogP contribution in [-0.4, -0.2) is 10.2 Å². The van der Waals surface area contributed by atoms with E-state index in [4.69, 9.17) is 5.73 Å². The summed E-state index contributed by atoms with van der Waals surface area (Å²) in [5, 5.41) is 7.74. The largest absolute Gasteiger partial charge is 0.324 e. The highest BCUT2D eigenvalue weighted by Crippen LogP contribution is 2.34. The summed E-state index contributed by atoms with van der Waals surface area (Å²) in [4.78, 5) is 0.940. The summed E-state index contributed by atoms with van der Waals surface area (Å²) in [5.74, 6) is -0.223. The highest BCUT2D eigenvalue weighted by Gasteiger charge is 2.13. The van der Waals surface area contributed by atoms with Gasteiger partial charge in [-0.15, -0.1) is 10.2 Å². The van der Waals surface area contributed by atoms with E-state index < -0.39 is 0 Å². The minimum absolute atomic E-state index is 0.208. The summed E-state index contributed by atoms with van der Waals surface area (Å²) in [6.45, 7) is 3.58. The van der Waals surface area contributed by atoms with Crippen LogP contribution in [0.2, 0.25) is 0 Å². The van der Waals surface area contributed by atoms with Gasteiger partial charge < -0.3 is 5.73 Å². The molecule has 90 valence electrons. The summed E-state index contributed by atoms with van der Waals surface area (Å²) >= 11 is 2.92. The van der Waals surface area contributed by atoms with E-state index in [2.05, 4.69) is 10.2 Å². The third-order valence-corrected chi connectivity index (χ3v) is 4.17. The van der Waals surface area contributed by atoms with Crippen molar-refractivity contribution in [3.8, 4) is 0 Å². The van der Waals surface area contributed by atoms with Crippen LogP contribution < -0.4 is 5.73 Å². The zero-order valence-corrected chi connectivity index (χ0v) is 11.1. The number of halogens is 1. The van der Waals surface area contributed by atoms with E-state index >= 15 is 0 Å². The van der Waals surface area contributed by atoms with Crippen LogP contribution >= 0.6 is 23.1 Å². The maximum absolute atomic E-state index is 13.5. The van der Waals surface area contributed by atoms with Gasteiger partial charge in [-0.3, -0.25) is 0 Å². The van der Waals surface area contributed by atoms with Gasteiger partial charge >= 0.3 is 0 Å². The Morgan fingerprint density at radius 1 is 1.47 bits per heavy atom. The number of nitrogens with zero attached hydrogens (tertiary/aromatic N) is 2. The Morgan fingerprint density at radius 2 is 2.24 bits per heavy atom. The first-order valence-corrected chi connectivity index (χ1v) is 6.77. The fourth-order valence-corrected chi connectivity index (χ4v) is 3.16. The van der Waals surface area contributed by atoms with Gasteiger partial charge in [-0.05, 0) is 37.1 Å². The number of aromatic nitrogens is 2. The molecule has 1 heterocycles. The van der Waals surface area contributed by atoms with Crippen LogP contribution in [-0.2, 0) is 0 Å². The van der Waals surface area contributed by atoms with E-state index in [9.17, 15) is 4.39 Å². The van der Waals surface area contributed by atoms with Gasteiger partial charge in [0.15, 0.2) is 4.34 Å². The first-order chi connectivity index (χ1) is 8.08. The van der Waals surface area contributed by atoms with Crippen molar-refractivity contribution in [2.24, 2.45) is 5.73 Å². The van der Waals surface area contributed by atoms with Gasteiger partial charge in [0, 0.05) is 10.9 Å². The van der Waals surface area contributed by atoms with E-state index in [0.717, 1.165) is 14.8 Å². The maximum Gasteiger partial charge on any atom is 0.178 e. The summed E-state index contributed by atoms with van der Waals surface area (Å²) in [5.41, 5.74) is 8.93. The summed E-state index contributed by atoms with van der Waals surface area (Å²) in [7, 11) is 0. The van der Waals surface area contributed by atoms with Crippen molar-refractivity contribution in [3.63, 3.8) is 0 Å². The molecule has 1 atom stereocenters. The van der Waals surface area contributed by atoms with Crippen LogP contribution in [0.4, 0.5) is 4.39 Å². The van der Waals surface area contributed by atoms with Crippen LogP contribution in [0.25, 0.3) is 0 Å². The van der Waals surface area contributed by atoms with Crippen LogP contribution in [0, 0.1) is 12.7 Å². The fourth-order valence-electron chi connectivity index (χ4n) is 1.42. The van der Waals surface area contributed by atoms with Crippen molar-refractivity contribution >= 4 is 23.1 Å². The number of benzene rings is 1. The van der Waals surface area contributed by atoms with Gasteiger partial charge in [0.25, 0.3) is 0 Å². The monoisotopic (exact) mass is 269 g/mol. The molecule has 2 rings (SSSR count). The standard InChI is InChI=1S/C11H12FN3S2/c1-6-3-10(17-11-15-14-5-16-11)8(7(2)13)4-9(6)12/h3-5,7H,13H2,1-2H3/t7-/m0/s1. The normalized spacial score (nSPS) is 12.7. The number of aryl methyl sites for hydroxylation is 1. The molecule has 3 nitrogen and oxygen atoms in total. The van der Waals surface area contributed by atoms with E-state index in [-0.39, 0.29) is 11.9 Å². The molecule has 0 aliphatic carbocycles. The zero-order valence-electron chi connectivity index (χ0n) is 9.48. The lowest BCUT2D eigenvalue weighted by Gasteiger charge is -2.12. The molecule has 0 saturated heterocycles. The number of hydrogen-bond donors (Lipinski definition) is 1. The first kappa shape index (κ1) is 12.5. The fraction of sp³-hybridized carbons (Fsp3) is 0.273. The predicted octanol–water partition coefficient (Wildman–Crippen LogP) is 3.16. The van der Waals surface area contributed by atoms with Gasteiger partial charge in [-0.25, -0.2) is 4.39 Å². The van der Waals surface area contributed by atoms with Crippen LogP contribution in [0.1, 0.15) is 24.1 Å². The molecule has 1 aromatic carbocycles. The van der Waals surface area contributed by atoms with E-state index in [0.29, 0.717) is 5.56 Å². The average molecular weight is 269 g/mol. The molecular weight excluding hydrogens is 257 g/mol. The van der Waals surface area contributed by atoms with Crippen molar-refractivity contribution < 1.29 is 4.39 Å². The molecule has 0 aliphatic heterocycles. The second-order valence-electron chi connectivity index (χ2n) is 3.73. The van der Waals surface area contributed by atoms with E-state index in [1.807, 2.05) is 6.92 Å². The van der Waals surface area contributed by atoms with Crippen molar-refractivity contribution in [3.05, 3.63) is 34.6 Å². The van der Waals surface area contributed by atoms with E-state index in [1.54, 1.807) is 18.5 Å². The van der Waals surface area contributed by atoms with Crippen LogP contribution in [0.15, 0.2) is 26.9 Å². The Labute approximate surface area is 107 Å². The lowest BCUT2D eigenvalue weighted by atomic mass is 10.1. The molecule has 0 fully saturated rings. The molecular formula is C11H12FN3S2. The molecule has 0 radical (unpaired) electrons. The average Bonchev–Trinajstić information content (AvgIpc) is 2.75. The Bertz CT molecular complexity index is 512. The molecule has 0 amide bonds. The lowest BCUT2D eigenvalue weighted by Crippen LogP contribution is -2.07.